The summed E-state index contributed by atoms with van der Waals surface area (Å²) in [7, 11) is 1.55. The molecule has 2 aromatic rings. The van der Waals surface area contributed by atoms with Crippen LogP contribution in [0, 0.1) is 12.3 Å². The van der Waals surface area contributed by atoms with Crippen molar-refractivity contribution < 1.29 is 14.3 Å². The number of hydrogen-bond donors (Lipinski definition) is 2. The second-order valence-electron chi connectivity index (χ2n) is 7.33. The Balaban J connectivity index is 2.62. The lowest BCUT2D eigenvalue weighted by molar-refractivity contribution is -0.126. The Morgan fingerprint density at radius 1 is 1.18 bits per heavy atom. The van der Waals surface area contributed by atoms with Crippen LogP contribution in [0.25, 0.3) is 0 Å². The van der Waals surface area contributed by atoms with E-state index in [0.29, 0.717) is 22.7 Å². The third kappa shape index (κ3) is 5.04. The Hall–Kier alpha value is -3.46. The molecule has 2 aromatic carbocycles. The summed E-state index contributed by atoms with van der Waals surface area (Å²) in [6.45, 7) is 5.59. The molecule has 0 bridgehead atoms. The summed E-state index contributed by atoms with van der Waals surface area (Å²) in [6, 6.07) is 12.6. The van der Waals surface area contributed by atoms with E-state index in [1.807, 2.05) is 20.8 Å². The van der Waals surface area contributed by atoms with Gasteiger partial charge >= 0.3 is 5.91 Å². The van der Waals surface area contributed by atoms with Crippen LogP contribution in [0.1, 0.15) is 32.4 Å². The lowest BCUT2D eigenvalue weighted by Crippen LogP contribution is -2.49. The molecule has 0 saturated heterocycles. The van der Waals surface area contributed by atoms with Crippen molar-refractivity contribution in [1.29, 1.82) is 0 Å². The first kappa shape index (κ1) is 20.8. The quantitative estimate of drug-likeness (QED) is 0.618. The number of hydrogen-bond acceptors (Lipinski definition) is 4. The number of ether oxygens (including phenoxy) is 1. The van der Waals surface area contributed by atoms with E-state index in [0.717, 1.165) is 0 Å². The molecule has 0 aliphatic carbocycles. The molecule has 2 amide bonds. The van der Waals surface area contributed by atoms with E-state index < -0.39 is 17.5 Å². The van der Waals surface area contributed by atoms with Gasteiger partial charge in [-0.1, -0.05) is 12.1 Å². The Bertz CT molecular complexity index is 892. The number of terminal acetylenes is 1. The third-order valence-electron chi connectivity index (χ3n) is 3.92. The van der Waals surface area contributed by atoms with Gasteiger partial charge in [-0.05, 0) is 68.7 Å². The standard InChI is InChI=1S/C22H25N3O3/c1-6-19(26)25(17-10-12-18(28-5)13-11-17)20(21(27)24-22(2,3)4)15-8-7-9-16(23)14-15/h1,7-14,20H,23H2,2-5H3,(H,24,27). The van der Waals surface area contributed by atoms with Gasteiger partial charge in [0.05, 0.1) is 7.11 Å². The molecule has 0 fully saturated rings. The molecule has 0 saturated carbocycles. The molecule has 0 aromatic heterocycles. The van der Waals surface area contributed by atoms with Gasteiger partial charge in [0, 0.05) is 16.9 Å². The first-order chi connectivity index (χ1) is 13.2. The zero-order valence-corrected chi connectivity index (χ0v) is 16.5. The number of nitrogen functional groups attached to an aromatic ring is 1. The van der Waals surface area contributed by atoms with Crippen LogP contribution in [0.3, 0.4) is 0 Å². The minimum absolute atomic E-state index is 0.363. The molecule has 0 heterocycles. The van der Waals surface area contributed by atoms with Crippen molar-refractivity contribution in [2.75, 3.05) is 17.7 Å². The molecule has 146 valence electrons. The molecule has 0 spiro atoms. The number of benzene rings is 2. The van der Waals surface area contributed by atoms with E-state index in [9.17, 15) is 9.59 Å². The Morgan fingerprint density at radius 3 is 2.32 bits per heavy atom. The molecule has 6 heteroatoms. The normalized spacial score (nSPS) is 11.8. The van der Waals surface area contributed by atoms with E-state index >= 15 is 0 Å². The van der Waals surface area contributed by atoms with Crippen LogP contribution in [-0.4, -0.2) is 24.5 Å². The molecule has 0 aliphatic heterocycles. The predicted octanol–water partition coefficient (Wildman–Crippen LogP) is 2.90. The van der Waals surface area contributed by atoms with Gasteiger partial charge < -0.3 is 15.8 Å². The number of nitrogens with zero attached hydrogens (tertiary/aromatic N) is 1. The number of nitrogens with two attached hydrogens (primary N) is 1. The topological polar surface area (TPSA) is 84.7 Å². The lowest BCUT2D eigenvalue weighted by atomic mass is 10.00. The second kappa shape index (κ2) is 8.49. The maximum Gasteiger partial charge on any atom is 0.303 e. The minimum atomic E-state index is -0.986. The average molecular weight is 379 g/mol. The monoisotopic (exact) mass is 379 g/mol. The summed E-state index contributed by atoms with van der Waals surface area (Å²) in [5, 5.41) is 2.92. The lowest BCUT2D eigenvalue weighted by Gasteiger charge is -2.32. The first-order valence-corrected chi connectivity index (χ1v) is 8.77. The van der Waals surface area contributed by atoms with Gasteiger partial charge in [-0.15, -0.1) is 6.42 Å². The molecular weight excluding hydrogens is 354 g/mol. The molecule has 28 heavy (non-hydrogen) atoms. The largest absolute Gasteiger partial charge is 0.497 e. The predicted molar refractivity (Wildman–Crippen MR) is 111 cm³/mol. The maximum atomic E-state index is 13.2. The Morgan fingerprint density at radius 2 is 1.82 bits per heavy atom. The zero-order chi connectivity index (χ0) is 20.9. The van der Waals surface area contributed by atoms with E-state index in [1.54, 1.807) is 55.6 Å². The number of anilines is 2. The first-order valence-electron chi connectivity index (χ1n) is 8.77. The Kier molecular flexibility index (Phi) is 6.32. The van der Waals surface area contributed by atoms with Crippen LogP contribution in [0.2, 0.25) is 0 Å². The number of carbonyl (C=O) groups excluding carboxylic acids is 2. The van der Waals surface area contributed by atoms with Crippen molar-refractivity contribution in [3.05, 3.63) is 54.1 Å². The molecule has 0 aliphatic rings. The minimum Gasteiger partial charge on any atom is -0.497 e. The molecule has 3 N–H and O–H groups in total. The molecular formula is C22H25N3O3. The smallest absolute Gasteiger partial charge is 0.303 e. The van der Waals surface area contributed by atoms with Gasteiger partial charge in [0.1, 0.15) is 11.8 Å². The van der Waals surface area contributed by atoms with E-state index in [-0.39, 0.29) is 5.91 Å². The average Bonchev–Trinajstić information content (AvgIpc) is 2.64. The summed E-state index contributed by atoms with van der Waals surface area (Å²) in [6.07, 6.45) is 5.42. The van der Waals surface area contributed by atoms with Gasteiger partial charge in [0.2, 0.25) is 5.91 Å². The van der Waals surface area contributed by atoms with Crippen molar-refractivity contribution >= 4 is 23.2 Å². The molecule has 0 radical (unpaired) electrons. The van der Waals surface area contributed by atoms with E-state index in [1.165, 1.54) is 4.90 Å². The van der Waals surface area contributed by atoms with Gasteiger partial charge in [-0.3, -0.25) is 14.5 Å². The number of carbonyl (C=O) groups is 2. The molecule has 1 atom stereocenters. The van der Waals surface area contributed by atoms with Gasteiger partial charge in [-0.25, -0.2) is 0 Å². The van der Waals surface area contributed by atoms with Gasteiger partial charge in [0.25, 0.3) is 0 Å². The molecule has 6 nitrogen and oxygen atoms in total. The fourth-order valence-electron chi connectivity index (χ4n) is 2.78. The summed E-state index contributed by atoms with van der Waals surface area (Å²) in [4.78, 5) is 27.2. The highest BCUT2D eigenvalue weighted by Crippen LogP contribution is 2.30. The highest BCUT2D eigenvalue weighted by Gasteiger charge is 2.34. The SMILES string of the molecule is C#CC(=O)N(c1ccc(OC)cc1)C(C(=O)NC(C)(C)C)c1cccc(N)c1. The second-order valence-corrected chi connectivity index (χ2v) is 7.33. The van der Waals surface area contributed by atoms with Crippen LogP contribution in [0.5, 0.6) is 5.75 Å². The van der Waals surface area contributed by atoms with Crippen LogP contribution < -0.4 is 20.7 Å². The number of rotatable bonds is 5. The van der Waals surface area contributed by atoms with E-state index in [2.05, 4.69) is 11.2 Å². The molecule has 1 unspecified atom stereocenters. The summed E-state index contributed by atoms with van der Waals surface area (Å²) in [5.74, 6) is 1.74. The van der Waals surface area contributed by atoms with Crippen molar-refractivity contribution in [2.24, 2.45) is 0 Å². The van der Waals surface area contributed by atoms with Crippen LogP contribution in [0.4, 0.5) is 11.4 Å². The number of methoxy groups -OCH3 is 1. The fraction of sp³-hybridized carbons (Fsp3) is 0.273. The summed E-state index contributed by atoms with van der Waals surface area (Å²) in [5.41, 5.74) is 6.93. The van der Waals surface area contributed by atoms with Crippen LogP contribution >= 0.6 is 0 Å². The van der Waals surface area contributed by atoms with E-state index in [4.69, 9.17) is 16.9 Å². The highest BCUT2D eigenvalue weighted by atomic mass is 16.5. The van der Waals surface area contributed by atoms with Crippen LogP contribution in [-0.2, 0) is 9.59 Å². The highest BCUT2D eigenvalue weighted by molar-refractivity contribution is 6.09. The summed E-state index contributed by atoms with van der Waals surface area (Å²) < 4.78 is 5.17. The summed E-state index contributed by atoms with van der Waals surface area (Å²) >= 11 is 0. The van der Waals surface area contributed by atoms with Crippen LogP contribution in [0.15, 0.2) is 48.5 Å². The van der Waals surface area contributed by atoms with Crippen molar-refractivity contribution in [3.63, 3.8) is 0 Å². The van der Waals surface area contributed by atoms with Crippen molar-refractivity contribution in [2.45, 2.75) is 32.4 Å². The number of amides is 2. The maximum absolute atomic E-state index is 13.2. The number of nitrogens with one attached hydrogen (secondary N) is 1. The third-order valence-corrected chi connectivity index (χ3v) is 3.92. The van der Waals surface area contributed by atoms with Crippen molar-refractivity contribution in [3.8, 4) is 18.1 Å². The zero-order valence-electron chi connectivity index (χ0n) is 16.5. The molecule has 2 rings (SSSR count). The van der Waals surface area contributed by atoms with Gasteiger partial charge in [0.15, 0.2) is 0 Å². The van der Waals surface area contributed by atoms with Gasteiger partial charge in [-0.2, -0.15) is 0 Å². The fourth-order valence-corrected chi connectivity index (χ4v) is 2.78. The van der Waals surface area contributed by atoms with Crippen molar-refractivity contribution in [1.82, 2.24) is 5.32 Å². The Labute approximate surface area is 165 Å².